The molecule has 0 saturated carbocycles. The quantitative estimate of drug-likeness (QED) is 0.484. The number of piperidine rings is 1. The molecule has 0 aromatic carbocycles. The largest absolute Gasteiger partial charge is 0.444 e. The van der Waals surface area contributed by atoms with E-state index in [9.17, 15) is 4.79 Å². The standard InChI is InChI=1S/C18H32N6O2/c1-14-6-10-23(12-15(14)24-11-9-20-13-24)16(19-5)21-7-8-22-17(25)26-18(2,3)4/h9,11,13-15H,6-8,10,12H2,1-5H3,(H,19,21)(H,22,25). The minimum Gasteiger partial charge on any atom is -0.444 e. The number of nitrogens with one attached hydrogen (secondary N) is 2. The van der Waals surface area contributed by atoms with Crippen LogP contribution in [0.5, 0.6) is 0 Å². The topological polar surface area (TPSA) is 83.8 Å². The molecule has 1 aromatic heterocycles. The van der Waals surface area contributed by atoms with Crippen LogP contribution in [0, 0.1) is 5.92 Å². The van der Waals surface area contributed by atoms with Gasteiger partial charge < -0.3 is 24.8 Å². The number of hydrogen-bond donors (Lipinski definition) is 2. The molecule has 1 aromatic rings. The van der Waals surface area contributed by atoms with Crippen molar-refractivity contribution in [3.63, 3.8) is 0 Å². The first-order valence-corrected chi connectivity index (χ1v) is 9.20. The van der Waals surface area contributed by atoms with Gasteiger partial charge in [-0.25, -0.2) is 9.78 Å². The Bertz CT molecular complexity index is 593. The number of hydrogen-bond acceptors (Lipinski definition) is 4. The smallest absolute Gasteiger partial charge is 0.407 e. The fourth-order valence-electron chi connectivity index (χ4n) is 3.08. The summed E-state index contributed by atoms with van der Waals surface area (Å²) in [7, 11) is 1.79. The summed E-state index contributed by atoms with van der Waals surface area (Å²) in [5.41, 5.74) is -0.486. The molecule has 8 heteroatoms. The first-order chi connectivity index (χ1) is 12.3. The molecule has 0 bridgehead atoms. The molecule has 2 N–H and O–H groups in total. The van der Waals surface area contributed by atoms with Crippen molar-refractivity contribution in [3.05, 3.63) is 18.7 Å². The second kappa shape index (κ2) is 8.91. The van der Waals surface area contributed by atoms with Crippen molar-refractivity contribution in [1.29, 1.82) is 0 Å². The Morgan fingerprint density at radius 1 is 1.35 bits per heavy atom. The van der Waals surface area contributed by atoms with Gasteiger partial charge in [0, 0.05) is 45.6 Å². The Hall–Kier alpha value is -2.25. The number of carbonyl (C=O) groups is 1. The van der Waals surface area contributed by atoms with Crippen LogP contribution in [-0.2, 0) is 4.74 Å². The predicted molar refractivity (Wildman–Crippen MR) is 102 cm³/mol. The number of rotatable bonds is 4. The zero-order valence-electron chi connectivity index (χ0n) is 16.5. The number of imidazole rings is 1. The van der Waals surface area contributed by atoms with Crippen LogP contribution in [0.15, 0.2) is 23.7 Å². The molecule has 2 atom stereocenters. The summed E-state index contributed by atoms with van der Waals surface area (Å²) < 4.78 is 7.40. The number of aromatic nitrogens is 2. The van der Waals surface area contributed by atoms with Crippen molar-refractivity contribution >= 4 is 12.1 Å². The molecule has 0 radical (unpaired) electrons. The zero-order valence-corrected chi connectivity index (χ0v) is 16.5. The number of ether oxygens (including phenoxy) is 1. The Labute approximate surface area is 156 Å². The van der Waals surface area contributed by atoms with Gasteiger partial charge in [0.05, 0.1) is 12.4 Å². The van der Waals surface area contributed by atoms with Crippen LogP contribution in [0.3, 0.4) is 0 Å². The average molecular weight is 364 g/mol. The normalized spacial score (nSPS) is 21.4. The molecule has 0 spiro atoms. The third kappa shape index (κ3) is 5.93. The van der Waals surface area contributed by atoms with Crippen molar-refractivity contribution in [2.75, 3.05) is 33.2 Å². The van der Waals surface area contributed by atoms with E-state index in [-0.39, 0.29) is 0 Å². The summed E-state index contributed by atoms with van der Waals surface area (Å²) in [6.07, 6.45) is 6.42. The van der Waals surface area contributed by atoms with E-state index in [1.165, 1.54) is 0 Å². The number of nitrogens with zero attached hydrogens (tertiary/aromatic N) is 4. The first-order valence-electron chi connectivity index (χ1n) is 9.20. The summed E-state index contributed by atoms with van der Waals surface area (Å²) in [5.74, 6) is 1.44. The van der Waals surface area contributed by atoms with Gasteiger partial charge in [0.15, 0.2) is 5.96 Å². The molecule has 1 amide bonds. The van der Waals surface area contributed by atoms with E-state index >= 15 is 0 Å². The second-order valence-electron chi connectivity index (χ2n) is 7.69. The molecule has 146 valence electrons. The Balaban J connectivity index is 1.80. The minimum atomic E-state index is -0.486. The van der Waals surface area contributed by atoms with E-state index in [1.54, 1.807) is 7.05 Å². The lowest BCUT2D eigenvalue weighted by atomic mass is 9.93. The number of likely N-dealkylation sites (tertiary alicyclic amines) is 1. The van der Waals surface area contributed by atoms with E-state index < -0.39 is 11.7 Å². The lowest BCUT2D eigenvalue weighted by molar-refractivity contribution is 0.0528. The van der Waals surface area contributed by atoms with Crippen molar-refractivity contribution < 1.29 is 9.53 Å². The molecule has 1 fully saturated rings. The lowest BCUT2D eigenvalue weighted by Gasteiger charge is -2.39. The molecule has 8 nitrogen and oxygen atoms in total. The maximum Gasteiger partial charge on any atom is 0.407 e. The van der Waals surface area contributed by atoms with Crippen molar-refractivity contribution in [3.8, 4) is 0 Å². The molecule has 1 aliphatic heterocycles. The van der Waals surface area contributed by atoms with Gasteiger partial charge in [0.1, 0.15) is 5.60 Å². The third-order valence-corrected chi connectivity index (χ3v) is 4.41. The SMILES string of the molecule is CN=C(NCCNC(=O)OC(C)(C)C)N1CCC(C)C(n2ccnc2)C1. The van der Waals surface area contributed by atoms with Crippen LogP contribution in [0.1, 0.15) is 40.2 Å². The maximum atomic E-state index is 11.7. The number of aliphatic imine (C=N–C) groups is 1. The average Bonchev–Trinajstić information content (AvgIpc) is 3.08. The van der Waals surface area contributed by atoms with Gasteiger partial charge in [0.25, 0.3) is 0 Å². The maximum absolute atomic E-state index is 11.7. The van der Waals surface area contributed by atoms with Crippen LogP contribution in [0.2, 0.25) is 0 Å². The Morgan fingerprint density at radius 2 is 2.08 bits per heavy atom. The number of carbonyl (C=O) groups excluding carboxylic acids is 1. The summed E-state index contributed by atoms with van der Waals surface area (Å²) in [6, 6.07) is 0.379. The highest BCUT2D eigenvalue weighted by molar-refractivity contribution is 5.80. The molecule has 1 aliphatic rings. The highest BCUT2D eigenvalue weighted by Gasteiger charge is 2.28. The van der Waals surface area contributed by atoms with Gasteiger partial charge >= 0.3 is 6.09 Å². The lowest BCUT2D eigenvalue weighted by Crippen LogP contribution is -2.50. The number of alkyl carbamates (subject to hydrolysis) is 1. The van der Waals surface area contributed by atoms with Crippen molar-refractivity contribution in [1.82, 2.24) is 25.1 Å². The molecule has 26 heavy (non-hydrogen) atoms. The van der Waals surface area contributed by atoms with Crippen LogP contribution in [0.25, 0.3) is 0 Å². The van der Waals surface area contributed by atoms with Gasteiger partial charge in [-0.1, -0.05) is 6.92 Å². The highest BCUT2D eigenvalue weighted by atomic mass is 16.6. The molecule has 2 unspecified atom stereocenters. The van der Waals surface area contributed by atoms with Crippen molar-refractivity contribution in [2.24, 2.45) is 10.9 Å². The molecular formula is C18H32N6O2. The van der Waals surface area contributed by atoms with Gasteiger partial charge in [0.2, 0.25) is 0 Å². The van der Waals surface area contributed by atoms with E-state index in [1.807, 2.05) is 39.5 Å². The Kier molecular flexibility index (Phi) is 6.88. The van der Waals surface area contributed by atoms with Gasteiger partial charge in [-0.05, 0) is 33.1 Å². The van der Waals surface area contributed by atoms with E-state index in [4.69, 9.17) is 4.74 Å². The summed E-state index contributed by atoms with van der Waals surface area (Å²) in [5, 5.41) is 6.07. The highest BCUT2D eigenvalue weighted by Crippen LogP contribution is 2.27. The third-order valence-electron chi connectivity index (χ3n) is 4.41. The van der Waals surface area contributed by atoms with Crippen LogP contribution >= 0.6 is 0 Å². The molecule has 1 saturated heterocycles. The van der Waals surface area contributed by atoms with E-state index in [0.717, 1.165) is 25.5 Å². The Morgan fingerprint density at radius 3 is 2.69 bits per heavy atom. The van der Waals surface area contributed by atoms with Crippen LogP contribution in [0.4, 0.5) is 4.79 Å². The monoisotopic (exact) mass is 364 g/mol. The fourth-order valence-corrected chi connectivity index (χ4v) is 3.08. The summed E-state index contributed by atoms with van der Waals surface area (Å²) in [6.45, 7) is 10.7. The van der Waals surface area contributed by atoms with Crippen LogP contribution < -0.4 is 10.6 Å². The molecular weight excluding hydrogens is 332 g/mol. The van der Waals surface area contributed by atoms with Crippen LogP contribution in [-0.4, -0.2) is 65.3 Å². The fraction of sp³-hybridized carbons (Fsp3) is 0.722. The zero-order chi connectivity index (χ0) is 19.2. The summed E-state index contributed by atoms with van der Waals surface area (Å²) in [4.78, 5) is 22.5. The van der Waals surface area contributed by atoms with E-state index in [0.29, 0.717) is 25.0 Å². The first kappa shape index (κ1) is 20.1. The van der Waals surface area contributed by atoms with E-state index in [2.05, 4.69) is 37.0 Å². The van der Waals surface area contributed by atoms with Gasteiger partial charge in [-0.3, -0.25) is 4.99 Å². The van der Waals surface area contributed by atoms with Gasteiger partial charge in [-0.15, -0.1) is 0 Å². The predicted octanol–water partition coefficient (Wildman–Crippen LogP) is 1.87. The summed E-state index contributed by atoms with van der Waals surface area (Å²) >= 11 is 0. The van der Waals surface area contributed by atoms with Crippen molar-refractivity contribution in [2.45, 2.75) is 45.8 Å². The second-order valence-corrected chi connectivity index (χ2v) is 7.69. The minimum absolute atomic E-state index is 0.379. The molecule has 0 aliphatic carbocycles. The molecule has 2 rings (SSSR count). The number of guanidine groups is 1. The number of amides is 1. The van der Waals surface area contributed by atoms with Gasteiger partial charge in [-0.2, -0.15) is 0 Å². The molecule has 2 heterocycles.